The summed E-state index contributed by atoms with van der Waals surface area (Å²) in [6.07, 6.45) is 1.29. The Morgan fingerprint density at radius 3 is 2.64 bits per heavy atom. The number of aliphatic carboxylic acids is 1. The summed E-state index contributed by atoms with van der Waals surface area (Å²) < 4.78 is 5.04. The summed E-state index contributed by atoms with van der Waals surface area (Å²) in [5, 5.41) is 11.8. The highest BCUT2D eigenvalue weighted by Crippen LogP contribution is 2.49. The van der Waals surface area contributed by atoms with Gasteiger partial charge >= 0.3 is 5.97 Å². The highest BCUT2D eigenvalue weighted by Gasteiger charge is 2.40. The largest absolute Gasteiger partial charge is 0.481 e. The molecule has 5 nitrogen and oxygen atoms in total. The van der Waals surface area contributed by atoms with Gasteiger partial charge < -0.3 is 15.2 Å². The summed E-state index contributed by atoms with van der Waals surface area (Å²) in [4.78, 5) is 23.1. The molecule has 0 heterocycles. The highest BCUT2D eigenvalue weighted by molar-refractivity contribution is 5.79. The molecule has 1 unspecified atom stereocenters. The predicted octanol–water partition coefficient (Wildman–Crippen LogP) is 2.18. The minimum Gasteiger partial charge on any atom is -0.481 e. The Kier molecular flexibility index (Phi) is 5.19. The third-order valence-electron chi connectivity index (χ3n) is 4.04. The van der Waals surface area contributed by atoms with Gasteiger partial charge in [0.15, 0.2) is 0 Å². The lowest BCUT2D eigenvalue weighted by atomic mass is 9.98. The normalized spacial score (nSPS) is 22.6. The van der Waals surface area contributed by atoms with Gasteiger partial charge in [-0.05, 0) is 30.7 Å². The van der Waals surface area contributed by atoms with Gasteiger partial charge in [-0.2, -0.15) is 0 Å². The van der Waals surface area contributed by atoms with E-state index >= 15 is 0 Å². The van der Waals surface area contributed by atoms with Crippen molar-refractivity contribution in [1.29, 1.82) is 0 Å². The number of ether oxygens (including phenoxy) is 1. The van der Waals surface area contributed by atoms with Crippen molar-refractivity contribution in [2.24, 2.45) is 5.92 Å². The number of carbonyl (C=O) groups excluding carboxylic acids is 1. The van der Waals surface area contributed by atoms with Crippen LogP contribution in [0.1, 0.15) is 37.7 Å². The molecule has 1 amide bonds. The zero-order chi connectivity index (χ0) is 16.2. The Balaban J connectivity index is 1.86. The Morgan fingerprint density at radius 2 is 2.05 bits per heavy atom. The van der Waals surface area contributed by atoms with Crippen LogP contribution in [0, 0.1) is 5.92 Å². The molecule has 1 fully saturated rings. The van der Waals surface area contributed by atoms with Crippen molar-refractivity contribution in [1.82, 2.24) is 5.32 Å². The van der Waals surface area contributed by atoms with E-state index < -0.39 is 11.5 Å². The Hall–Kier alpha value is -1.88. The molecule has 1 aliphatic rings. The molecule has 1 aromatic rings. The fourth-order valence-electron chi connectivity index (χ4n) is 2.99. The van der Waals surface area contributed by atoms with Crippen molar-refractivity contribution in [2.75, 3.05) is 13.7 Å². The molecule has 0 spiro atoms. The SMILES string of the molecule is COCC(C)(CC(=O)O)NC(=O)C[C@@H]1C[C@H]1c1ccccc1. The van der Waals surface area contributed by atoms with Crippen LogP contribution in [0.4, 0.5) is 0 Å². The number of benzene rings is 1. The first-order chi connectivity index (χ1) is 10.4. The van der Waals surface area contributed by atoms with Crippen LogP contribution < -0.4 is 5.32 Å². The quantitative estimate of drug-likeness (QED) is 0.772. The topological polar surface area (TPSA) is 75.6 Å². The van der Waals surface area contributed by atoms with Crippen molar-refractivity contribution >= 4 is 11.9 Å². The lowest BCUT2D eigenvalue weighted by molar-refractivity contribution is -0.139. The van der Waals surface area contributed by atoms with Gasteiger partial charge in [0.2, 0.25) is 5.91 Å². The van der Waals surface area contributed by atoms with E-state index in [1.54, 1.807) is 6.92 Å². The van der Waals surface area contributed by atoms with E-state index in [0.29, 0.717) is 18.3 Å². The zero-order valence-electron chi connectivity index (χ0n) is 13.0. The van der Waals surface area contributed by atoms with E-state index in [1.165, 1.54) is 12.7 Å². The van der Waals surface area contributed by atoms with E-state index in [9.17, 15) is 9.59 Å². The highest BCUT2D eigenvalue weighted by atomic mass is 16.5. The number of carbonyl (C=O) groups is 2. The summed E-state index contributed by atoms with van der Waals surface area (Å²) in [5.41, 5.74) is 0.403. The molecule has 0 bridgehead atoms. The standard InChI is InChI=1S/C17H23NO4/c1-17(11-22-2,10-16(20)21)18-15(19)9-13-8-14(13)12-6-4-3-5-7-12/h3-7,13-14H,8-11H2,1-2H3,(H,18,19)(H,20,21)/t13-,14-,17?/m0/s1. The molecule has 3 atom stereocenters. The van der Waals surface area contributed by atoms with Crippen molar-refractivity contribution in [3.63, 3.8) is 0 Å². The van der Waals surface area contributed by atoms with Gasteiger partial charge in [-0.1, -0.05) is 30.3 Å². The summed E-state index contributed by atoms with van der Waals surface area (Å²) >= 11 is 0. The Labute approximate surface area is 130 Å². The van der Waals surface area contributed by atoms with Gasteiger partial charge in [0, 0.05) is 13.5 Å². The van der Waals surface area contributed by atoms with Gasteiger partial charge in [0.25, 0.3) is 0 Å². The van der Waals surface area contributed by atoms with Gasteiger partial charge in [-0.15, -0.1) is 0 Å². The van der Waals surface area contributed by atoms with Crippen LogP contribution in [0.3, 0.4) is 0 Å². The van der Waals surface area contributed by atoms with E-state index in [0.717, 1.165) is 6.42 Å². The molecule has 0 radical (unpaired) electrons. The average molecular weight is 305 g/mol. The summed E-state index contributed by atoms with van der Waals surface area (Å²) in [5.74, 6) is -0.267. The van der Waals surface area contributed by atoms with E-state index in [4.69, 9.17) is 9.84 Å². The number of hydrogen-bond donors (Lipinski definition) is 2. The Morgan fingerprint density at radius 1 is 1.36 bits per heavy atom. The summed E-state index contributed by atoms with van der Waals surface area (Å²) in [6, 6.07) is 10.2. The smallest absolute Gasteiger partial charge is 0.305 e. The molecule has 1 aromatic carbocycles. The molecule has 22 heavy (non-hydrogen) atoms. The second-order valence-electron chi connectivity index (χ2n) is 6.33. The number of amides is 1. The monoisotopic (exact) mass is 305 g/mol. The van der Waals surface area contributed by atoms with Crippen LogP contribution in [0.15, 0.2) is 30.3 Å². The molecular formula is C17H23NO4. The maximum absolute atomic E-state index is 12.2. The first kappa shape index (κ1) is 16.5. The van der Waals surface area contributed by atoms with Gasteiger partial charge in [0.1, 0.15) is 0 Å². The first-order valence-electron chi connectivity index (χ1n) is 7.50. The molecule has 0 aliphatic heterocycles. The number of hydrogen-bond acceptors (Lipinski definition) is 3. The van der Waals surface area contributed by atoms with Crippen LogP contribution in [-0.2, 0) is 14.3 Å². The van der Waals surface area contributed by atoms with Gasteiger partial charge in [-0.25, -0.2) is 0 Å². The van der Waals surface area contributed by atoms with E-state index in [1.807, 2.05) is 18.2 Å². The van der Waals surface area contributed by atoms with Crippen molar-refractivity contribution < 1.29 is 19.4 Å². The van der Waals surface area contributed by atoms with Crippen molar-refractivity contribution in [2.45, 2.75) is 37.6 Å². The number of carboxylic acids is 1. The van der Waals surface area contributed by atoms with Crippen LogP contribution in [0.25, 0.3) is 0 Å². The number of carboxylic acid groups (broad SMARTS) is 1. The molecule has 2 rings (SSSR count). The van der Waals surface area contributed by atoms with Crippen LogP contribution in [0.5, 0.6) is 0 Å². The maximum Gasteiger partial charge on any atom is 0.305 e. The second kappa shape index (κ2) is 6.92. The molecule has 120 valence electrons. The minimum atomic E-state index is -0.951. The molecule has 1 saturated carbocycles. The molecule has 1 aliphatic carbocycles. The van der Waals surface area contributed by atoms with Crippen LogP contribution >= 0.6 is 0 Å². The second-order valence-corrected chi connectivity index (χ2v) is 6.33. The fourth-order valence-corrected chi connectivity index (χ4v) is 2.99. The maximum atomic E-state index is 12.2. The van der Waals surface area contributed by atoms with E-state index in [2.05, 4.69) is 17.4 Å². The molecule has 5 heteroatoms. The molecule has 2 N–H and O–H groups in total. The Bertz CT molecular complexity index is 531. The third-order valence-corrected chi connectivity index (χ3v) is 4.04. The summed E-state index contributed by atoms with van der Waals surface area (Å²) in [7, 11) is 1.50. The average Bonchev–Trinajstić information content (AvgIpc) is 3.17. The van der Waals surface area contributed by atoms with Gasteiger partial charge in [-0.3, -0.25) is 9.59 Å². The summed E-state index contributed by atoms with van der Waals surface area (Å²) in [6.45, 7) is 1.88. The lowest BCUT2D eigenvalue weighted by Crippen LogP contribution is -2.50. The number of nitrogens with one attached hydrogen (secondary N) is 1. The molecular weight excluding hydrogens is 282 g/mol. The van der Waals surface area contributed by atoms with Crippen LogP contribution in [0.2, 0.25) is 0 Å². The van der Waals surface area contributed by atoms with Crippen molar-refractivity contribution in [3.8, 4) is 0 Å². The fraction of sp³-hybridized carbons (Fsp3) is 0.529. The number of methoxy groups -OCH3 is 1. The van der Waals surface area contributed by atoms with E-state index in [-0.39, 0.29) is 18.9 Å². The van der Waals surface area contributed by atoms with Crippen LogP contribution in [-0.4, -0.2) is 36.2 Å². The number of rotatable bonds is 8. The lowest BCUT2D eigenvalue weighted by Gasteiger charge is -2.28. The first-order valence-corrected chi connectivity index (χ1v) is 7.50. The zero-order valence-corrected chi connectivity index (χ0v) is 13.0. The predicted molar refractivity (Wildman–Crippen MR) is 82.6 cm³/mol. The minimum absolute atomic E-state index is 0.107. The third kappa shape index (κ3) is 4.56. The van der Waals surface area contributed by atoms with Gasteiger partial charge in [0.05, 0.1) is 18.6 Å². The molecule has 0 saturated heterocycles. The van der Waals surface area contributed by atoms with Crippen molar-refractivity contribution in [3.05, 3.63) is 35.9 Å². The molecule has 0 aromatic heterocycles.